The maximum Gasteiger partial charge on any atom is 0.257 e. The average molecular weight is 273 g/mol. The van der Waals surface area contributed by atoms with E-state index < -0.39 is 0 Å². The van der Waals surface area contributed by atoms with Crippen LogP contribution in [0.2, 0.25) is 0 Å². The van der Waals surface area contributed by atoms with Gasteiger partial charge in [0.25, 0.3) is 5.56 Å². The number of hydrogen-bond donors (Lipinski definition) is 2. The molecule has 0 bridgehead atoms. The molecule has 20 heavy (non-hydrogen) atoms. The van der Waals surface area contributed by atoms with Crippen molar-refractivity contribution in [3.8, 4) is 0 Å². The second-order valence-corrected chi connectivity index (χ2v) is 4.52. The first-order valence-corrected chi connectivity index (χ1v) is 6.79. The normalized spacial score (nSPS) is 10.5. The molecule has 2 aromatic rings. The number of aromatic amines is 1. The highest BCUT2D eigenvalue weighted by molar-refractivity contribution is 5.85. The number of pyridine rings is 1. The van der Waals surface area contributed by atoms with Crippen LogP contribution in [0.3, 0.4) is 0 Å². The maximum absolute atomic E-state index is 11.9. The zero-order valence-corrected chi connectivity index (χ0v) is 11.8. The number of carbonyl (C=O) groups excluding carboxylic acids is 1. The molecule has 0 radical (unpaired) electrons. The summed E-state index contributed by atoms with van der Waals surface area (Å²) in [5.74, 6) is 0.582. The van der Waals surface area contributed by atoms with Crippen LogP contribution in [0, 0.1) is 0 Å². The molecule has 0 fully saturated rings. The van der Waals surface area contributed by atoms with Crippen LogP contribution in [0.1, 0.15) is 13.8 Å². The molecule has 1 aromatic heterocycles. The van der Waals surface area contributed by atoms with Crippen molar-refractivity contribution in [2.24, 2.45) is 0 Å². The van der Waals surface area contributed by atoms with Gasteiger partial charge in [0.2, 0.25) is 5.91 Å². The summed E-state index contributed by atoms with van der Waals surface area (Å²) < 4.78 is 0. The number of fused-ring (bicyclic) bond motifs is 1. The number of aromatic nitrogens is 1. The molecule has 0 aliphatic carbocycles. The number of carbonyl (C=O) groups is 1. The molecule has 2 N–H and O–H groups in total. The van der Waals surface area contributed by atoms with Gasteiger partial charge in [-0.3, -0.25) is 9.59 Å². The van der Waals surface area contributed by atoms with Gasteiger partial charge in [0, 0.05) is 18.5 Å². The predicted molar refractivity (Wildman–Crippen MR) is 81.0 cm³/mol. The van der Waals surface area contributed by atoms with Crippen LogP contribution in [-0.2, 0) is 4.79 Å². The van der Waals surface area contributed by atoms with Crippen molar-refractivity contribution in [2.75, 3.05) is 25.0 Å². The Morgan fingerprint density at radius 3 is 2.65 bits per heavy atom. The molecule has 1 amide bonds. The lowest BCUT2D eigenvalue weighted by Crippen LogP contribution is -2.35. The van der Waals surface area contributed by atoms with Crippen molar-refractivity contribution in [2.45, 2.75) is 13.8 Å². The van der Waals surface area contributed by atoms with Crippen LogP contribution in [-0.4, -0.2) is 35.4 Å². The Bertz CT molecular complexity index is 659. The molecule has 1 aromatic carbocycles. The van der Waals surface area contributed by atoms with Crippen LogP contribution < -0.4 is 10.9 Å². The summed E-state index contributed by atoms with van der Waals surface area (Å²) >= 11 is 0. The number of amides is 1. The van der Waals surface area contributed by atoms with Gasteiger partial charge < -0.3 is 15.2 Å². The highest BCUT2D eigenvalue weighted by Crippen LogP contribution is 2.12. The van der Waals surface area contributed by atoms with Crippen molar-refractivity contribution in [3.63, 3.8) is 0 Å². The van der Waals surface area contributed by atoms with Gasteiger partial charge in [0.15, 0.2) is 0 Å². The molecule has 0 unspecified atom stereocenters. The highest BCUT2D eigenvalue weighted by Gasteiger charge is 2.09. The molecule has 5 nitrogen and oxygen atoms in total. The minimum atomic E-state index is -0.152. The third-order valence-electron chi connectivity index (χ3n) is 3.30. The number of likely N-dealkylation sites (N-methyl/N-ethyl adjacent to an activating group) is 1. The Balaban J connectivity index is 2.15. The first kappa shape index (κ1) is 14.1. The standard InChI is InChI=1S/C15H19N3O2/c1-3-18(4-2)14(19)10-16-13-9-11-7-5-6-8-12(11)15(20)17-13/h5-9H,3-4,10H2,1-2H3,(H2,16,17,20). The number of nitrogens with one attached hydrogen (secondary N) is 2. The number of rotatable bonds is 5. The van der Waals surface area contributed by atoms with Crippen molar-refractivity contribution in [3.05, 3.63) is 40.7 Å². The summed E-state index contributed by atoms with van der Waals surface area (Å²) in [6, 6.07) is 9.20. The molecule has 0 saturated heterocycles. The number of hydrogen-bond acceptors (Lipinski definition) is 3. The molecular formula is C15H19N3O2. The van der Waals surface area contributed by atoms with E-state index in [1.807, 2.05) is 38.1 Å². The van der Waals surface area contributed by atoms with Crippen molar-refractivity contribution >= 4 is 22.5 Å². The van der Waals surface area contributed by atoms with Gasteiger partial charge >= 0.3 is 0 Å². The zero-order valence-electron chi connectivity index (χ0n) is 11.8. The fraction of sp³-hybridized carbons (Fsp3) is 0.333. The first-order valence-electron chi connectivity index (χ1n) is 6.79. The van der Waals surface area contributed by atoms with Crippen LogP contribution in [0.25, 0.3) is 10.8 Å². The zero-order chi connectivity index (χ0) is 14.5. The molecule has 0 saturated carbocycles. The summed E-state index contributed by atoms with van der Waals surface area (Å²) in [5.41, 5.74) is -0.152. The first-order chi connectivity index (χ1) is 9.65. The number of benzene rings is 1. The SMILES string of the molecule is CCN(CC)C(=O)CNc1cc2ccccc2c(=O)[nH]1. The van der Waals surface area contributed by atoms with Gasteiger partial charge in [-0.1, -0.05) is 18.2 Å². The van der Waals surface area contributed by atoms with E-state index in [-0.39, 0.29) is 18.0 Å². The summed E-state index contributed by atoms with van der Waals surface area (Å²) in [6.45, 7) is 5.44. The van der Waals surface area contributed by atoms with Gasteiger partial charge in [-0.25, -0.2) is 0 Å². The molecule has 0 aliphatic heterocycles. The summed E-state index contributed by atoms with van der Waals surface area (Å²) in [7, 11) is 0. The molecule has 1 heterocycles. The Kier molecular flexibility index (Phi) is 4.40. The van der Waals surface area contributed by atoms with E-state index in [1.165, 1.54) is 0 Å². The third kappa shape index (κ3) is 2.99. The molecule has 5 heteroatoms. The average Bonchev–Trinajstić information content (AvgIpc) is 2.46. The fourth-order valence-electron chi connectivity index (χ4n) is 2.17. The highest BCUT2D eigenvalue weighted by atomic mass is 16.2. The van der Waals surface area contributed by atoms with Crippen molar-refractivity contribution in [1.82, 2.24) is 9.88 Å². The molecule has 106 valence electrons. The van der Waals surface area contributed by atoms with E-state index >= 15 is 0 Å². The fourth-order valence-corrected chi connectivity index (χ4v) is 2.17. The molecule has 0 aliphatic rings. The van der Waals surface area contributed by atoms with Gasteiger partial charge in [-0.15, -0.1) is 0 Å². The largest absolute Gasteiger partial charge is 0.362 e. The van der Waals surface area contributed by atoms with Crippen LogP contribution in [0.5, 0.6) is 0 Å². The summed E-state index contributed by atoms with van der Waals surface area (Å²) in [4.78, 5) is 28.3. The van der Waals surface area contributed by atoms with Crippen LogP contribution >= 0.6 is 0 Å². The molecule has 2 rings (SSSR count). The van der Waals surface area contributed by atoms with Crippen molar-refractivity contribution < 1.29 is 4.79 Å². The quantitative estimate of drug-likeness (QED) is 0.873. The van der Waals surface area contributed by atoms with Gasteiger partial charge in [-0.05, 0) is 31.4 Å². The summed E-state index contributed by atoms with van der Waals surface area (Å²) in [6.07, 6.45) is 0. The summed E-state index contributed by atoms with van der Waals surface area (Å²) in [5, 5.41) is 4.48. The monoisotopic (exact) mass is 273 g/mol. The molecule has 0 atom stereocenters. The Morgan fingerprint density at radius 2 is 1.95 bits per heavy atom. The second kappa shape index (κ2) is 6.23. The van der Waals surface area contributed by atoms with E-state index in [0.29, 0.717) is 24.3 Å². The lowest BCUT2D eigenvalue weighted by Gasteiger charge is -2.19. The molecular weight excluding hydrogens is 254 g/mol. The van der Waals surface area contributed by atoms with E-state index in [9.17, 15) is 9.59 Å². The Labute approximate surface area is 117 Å². The minimum Gasteiger partial charge on any atom is -0.362 e. The topological polar surface area (TPSA) is 65.2 Å². The van der Waals surface area contributed by atoms with E-state index in [4.69, 9.17) is 0 Å². The third-order valence-corrected chi connectivity index (χ3v) is 3.30. The van der Waals surface area contributed by atoms with Crippen molar-refractivity contribution in [1.29, 1.82) is 0 Å². The molecule has 0 spiro atoms. The number of nitrogens with zero attached hydrogens (tertiary/aromatic N) is 1. The van der Waals surface area contributed by atoms with Gasteiger partial charge in [0.05, 0.1) is 6.54 Å². The maximum atomic E-state index is 11.9. The lowest BCUT2D eigenvalue weighted by molar-refractivity contribution is -0.128. The smallest absolute Gasteiger partial charge is 0.257 e. The Hall–Kier alpha value is -2.30. The lowest BCUT2D eigenvalue weighted by atomic mass is 10.2. The number of H-pyrrole nitrogens is 1. The Morgan fingerprint density at radius 1 is 1.25 bits per heavy atom. The van der Waals surface area contributed by atoms with E-state index in [1.54, 1.807) is 11.0 Å². The predicted octanol–water partition coefficient (Wildman–Crippen LogP) is 1.81. The van der Waals surface area contributed by atoms with Gasteiger partial charge in [-0.2, -0.15) is 0 Å². The minimum absolute atomic E-state index is 0.0176. The number of anilines is 1. The second-order valence-electron chi connectivity index (χ2n) is 4.52. The van der Waals surface area contributed by atoms with E-state index in [2.05, 4.69) is 10.3 Å². The van der Waals surface area contributed by atoms with Crippen LogP contribution in [0.15, 0.2) is 35.1 Å². The van der Waals surface area contributed by atoms with Gasteiger partial charge in [0.1, 0.15) is 5.82 Å². The van der Waals surface area contributed by atoms with Crippen LogP contribution in [0.4, 0.5) is 5.82 Å². The van der Waals surface area contributed by atoms with E-state index in [0.717, 1.165) is 5.39 Å².